The van der Waals surface area contributed by atoms with Gasteiger partial charge in [-0.25, -0.2) is 9.89 Å². The average Bonchev–Trinajstić information content (AvgIpc) is 2.97. The minimum Gasteiger partial charge on any atom is -0.369 e. The van der Waals surface area contributed by atoms with Crippen molar-refractivity contribution in [3.05, 3.63) is 40.3 Å². The molecular weight excluding hydrogens is 379 g/mol. The fourth-order valence-electron chi connectivity index (χ4n) is 3.02. The molecule has 3 rings (SSSR count). The number of hydrogen-bond donors (Lipinski definition) is 1. The molecule has 2 heterocycles. The monoisotopic (exact) mass is 401 g/mol. The van der Waals surface area contributed by atoms with E-state index in [9.17, 15) is 18.0 Å². The third kappa shape index (κ3) is 5.07. The molecule has 6 nitrogen and oxygen atoms in total. The average molecular weight is 401 g/mol. The Morgan fingerprint density at radius 3 is 2.59 bits per heavy atom. The molecule has 1 aliphatic rings. The summed E-state index contributed by atoms with van der Waals surface area (Å²) in [7, 11) is 1.68. The Morgan fingerprint density at radius 2 is 1.96 bits per heavy atom. The Labute approximate surface area is 159 Å². The predicted molar refractivity (Wildman–Crippen MR) is 99.3 cm³/mol. The molecule has 1 aromatic carbocycles. The zero-order chi connectivity index (χ0) is 19.4. The largest absolute Gasteiger partial charge is 0.416 e. The topological polar surface area (TPSA) is 57.2 Å². The molecular formula is C17H22F3N5OS. The van der Waals surface area contributed by atoms with Gasteiger partial charge < -0.3 is 4.90 Å². The Morgan fingerprint density at radius 1 is 1.22 bits per heavy atom. The lowest BCUT2D eigenvalue weighted by Crippen LogP contribution is -2.46. The molecule has 0 bridgehead atoms. The van der Waals surface area contributed by atoms with E-state index >= 15 is 0 Å². The first-order valence-corrected chi connectivity index (χ1v) is 9.72. The van der Waals surface area contributed by atoms with Crippen molar-refractivity contribution in [3.8, 4) is 0 Å². The quantitative estimate of drug-likeness (QED) is 0.595. The van der Waals surface area contributed by atoms with E-state index in [0.29, 0.717) is 23.9 Å². The normalized spacial score (nSPS) is 16.1. The lowest BCUT2D eigenvalue weighted by atomic mass is 10.1. The number of aromatic amines is 1. The van der Waals surface area contributed by atoms with Gasteiger partial charge in [0.15, 0.2) is 5.16 Å². The summed E-state index contributed by atoms with van der Waals surface area (Å²) >= 11 is 1.53. The molecule has 0 amide bonds. The van der Waals surface area contributed by atoms with E-state index in [1.165, 1.54) is 28.5 Å². The van der Waals surface area contributed by atoms with Crippen LogP contribution in [0.3, 0.4) is 0 Å². The van der Waals surface area contributed by atoms with Gasteiger partial charge in [-0.3, -0.25) is 9.47 Å². The van der Waals surface area contributed by atoms with E-state index in [1.54, 1.807) is 13.1 Å². The smallest absolute Gasteiger partial charge is 0.369 e. The van der Waals surface area contributed by atoms with Gasteiger partial charge in [-0.05, 0) is 31.2 Å². The molecule has 2 aromatic rings. The summed E-state index contributed by atoms with van der Waals surface area (Å²) in [6.07, 6.45) is -3.36. The number of H-pyrrole nitrogens is 1. The van der Waals surface area contributed by atoms with Crippen molar-refractivity contribution < 1.29 is 13.2 Å². The summed E-state index contributed by atoms with van der Waals surface area (Å²) in [6.45, 7) is 3.98. The third-order valence-electron chi connectivity index (χ3n) is 4.60. The minimum absolute atomic E-state index is 0.219. The zero-order valence-electron chi connectivity index (χ0n) is 15.0. The van der Waals surface area contributed by atoms with E-state index in [0.717, 1.165) is 37.9 Å². The molecule has 1 N–H and O–H groups in total. The van der Waals surface area contributed by atoms with E-state index in [4.69, 9.17) is 0 Å². The van der Waals surface area contributed by atoms with Crippen LogP contribution in [0.1, 0.15) is 12.0 Å². The standard InChI is InChI=1S/C17H22F3N5OS/c1-23-15(26)21-22-16(23)27-11-3-6-24-7-9-25(10-8-24)14-5-2-4-13(12-14)17(18,19)20/h2,4-5,12H,3,6-11H2,1H3,(H,21,26). The Balaban J connectivity index is 1.43. The predicted octanol–water partition coefficient (Wildman–Crippen LogP) is 2.43. The van der Waals surface area contributed by atoms with Crippen molar-refractivity contribution in [1.29, 1.82) is 0 Å². The van der Waals surface area contributed by atoms with Crippen molar-refractivity contribution in [1.82, 2.24) is 19.7 Å². The second-order valence-corrected chi connectivity index (χ2v) is 7.51. The Bertz CT molecular complexity index is 811. The van der Waals surface area contributed by atoms with Crippen LogP contribution in [-0.4, -0.2) is 58.1 Å². The maximum absolute atomic E-state index is 12.9. The summed E-state index contributed by atoms with van der Waals surface area (Å²) in [5, 5.41) is 7.04. The highest BCUT2D eigenvalue weighted by Gasteiger charge is 2.31. The van der Waals surface area contributed by atoms with Crippen LogP contribution in [0.4, 0.5) is 18.9 Å². The minimum atomic E-state index is -4.31. The van der Waals surface area contributed by atoms with Crippen LogP contribution in [0.2, 0.25) is 0 Å². The van der Waals surface area contributed by atoms with E-state index in [2.05, 4.69) is 15.1 Å². The highest BCUT2D eigenvalue weighted by molar-refractivity contribution is 7.99. The molecule has 27 heavy (non-hydrogen) atoms. The van der Waals surface area contributed by atoms with Gasteiger partial charge in [-0.1, -0.05) is 17.8 Å². The third-order valence-corrected chi connectivity index (χ3v) is 5.72. The number of halogens is 3. The van der Waals surface area contributed by atoms with Crippen LogP contribution in [-0.2, 0) is 13.2 Å². The van der Waals surface area contributed by atoms with Crippen LogP contribution in [0, 0.1) is 0 Å². The highest BCUT2D eigenvalue weighted by Crippen LogP contribution is 2.31. The number of rotatable bonds is 6. The lowest BCUT2D eigenvalue weighted by molar-refractivity contribution is -0.137. The molecule has 1 aromatic heterocycles. The van der Waals surface area contributed by atoms with Gasteiger partial charge in [0, 0.05) is 44.7 Å². The van der Waals surface area contributed by atoms with Gasteiger partial charge in [-0.15, -0.1) is 5.10 Å². The number of piperazine rings is 1. The van der Waals surface area contributed by atoms with Crippen molar-refractivity contribution >= 4 is 17.4 Å². The van der Waals surface area contributed by atoms with Gasteiger partial charge in [-0.2, -0.15) is 13.2 Å². The lowest BCUT2D eigenvalue weighted by Gasteiger charge is -2.36. The fourth-order valence-corrected chi connectivity index (χ4v) is 3.86. The van der Waals surface area contributed by atoms with Crippen LogP contribution in [0.15, 0.2) is 34.2 Å². The molecule has 0 saturated carbocycles. The SMILES string of the molecule is Cn1c(SCCCN2CCN(c3cccc(C(F)(F)F)c3)CC2)n[nH]c1=O. The number of anilines is 1. The van der Waals surface area contributed by atoms with Gasteiger partial charge in [0.2, 0.25) is 0 Å². The summed E-state index contributed by atoms with van der Waals surface area (Å²) in [6, 6.07) is 5.52. The van der Waals surface area contributed by atoms with Crippen LogP contribution in [0.25, 0.3) is 0 Å². The number of thioether (sulfide) groups is 1. The molecule has 0 atom stereocenters. The van der Waals surface area contributed by atoms with E-state index in [-0.39, 0.29) is 5.69 Å². The second-order valence-electron chi connectivity index (χ2n) is 6.45. The van der Waals surface area contributed by atoms with Crippen molar-refractivity contribution in [2.24, 2.45) is 7.05 Å². The van der Waals surface area contributed by atoms with E-state index < -0.39 is 11.7 Å². The first kappa shape index (κ1) is 19.8. The molecule has 0 spiro atoms. The number of benzene rings is 1. The van der Waals surface area contributed by atoms with Crippen molar-refractivity contribution in [3.63, 3.8) is 0 Å². The number of aromatic nitrogens is 3. The first-order valence-electron chi connectivity index (χ1n) is 8.73. The zero-order valence-corrected chi connectivity index (χ0v) is 15.8. The summed E-state index contributed by atoms with van der Waals surface area (Å²) in [4.78, 5) is 15.6. The molecule has 0 radical (unpaired) electrons. The summed E-state index contributed by atoms with van der Waals surface area (Å²) in [5.41, 5.74) is -0.199. The summed E-state index contributed by atoms with van der Waals surface area (Å²) < 4.78 is 40.1. The number of nitrogens with one attached hydrogen (secondary N) is 1. The van der Waals surface area contributed by atoms with Crippen molar-refractivity contribution in [2.45, 2.75) is 17.8 Å². The molecule has 10 heteroatoms. The number of nitrogens with zero attached hydrogens (tertiary/aromatic N) is 4. The Kier molecular flexibility index (Phi) is 6.15. The highest BCUT2D eigenvalue weighted by atomic mass is 32.2. The molecule has 0 aliphatic carbocycles. The van der Waals surface area contributed by atoms with Gasteiger partial charge in [0.25, 0.3) is 0 Å². The molecule has 0 unspecified atom stereocenters. The Hall–Kier alpha value is -1.94. The second kappa shape index (κ2) is 8.39. The van der Waals surface area contributed by atoms with Gasteiger partial charge in [0.05, 0.1) is 5.56 Å². The van der Waals surface area contributed by atoms with Gasteiger partial charge >= 0.3 is 11.9 Å². The number of alkyl halides is 3. The number of hydrogen-bond acceptors (Lipinski definition) is 5. The first-order chi connectivity index (χ1) is 12.8. The molecule has 1 saturated heterocycles. The fraction of sp³-hybridized carbons (Fsp3) is 0.529. The van der Waals surface area contributed by atoms with E-state index in [1.807, 2.05) is 4.90 Å². The molecule has 1 aliphatic heterocycles. The summed E-state index contributed by atoms with van der Waals surface area (Å²) in [5.74, 6) is 0.853. The van der Waals surface area contributed by atoms with Crippen LogP contribution < -0.4 is 10.6 Å². The molecule has 1 fully saturated rings. The maximum atomic E-state index is 12.9. The maximum Gasteiger partial charge on any atom is 0.416 e. The van der Waals surface area contributed by atoms with Gasteiger partial charge in [0.1, 0.15) is 0 Å². The van der Waals surface area contributed by atoms with Crippen LogP contribution in [0.5, 0.6) is 0 Å². The van der Waals surface area contributed by atoms with Crippen molar-refractivity contribution in [2.75, 3.05) is 43.4 Å². The van der Waals surface area contributed by atoms with Crippen LogP contribution >= 0.6 is 11.8 Å². The molecule has 148 valence electrons.